The van der Waals surface area contributed by atoms with Gasteiger partial charge in [0.25, 0.3) is 0 Å². The summed E-state index contributed by atoms with van der Waals surface area (Å²) in [5, 5.41) is 0. The second kappa shape index (κ2) is 10.6. The van der Waals surface area contributed by atoms with Gasteiger partial charge in [0.1, 0.15) is 0 Å². The van der Waals surface area contributed by atoms with Gasteiger partial charge in [-0.3, -0.25) is 0 Å². The third kappa shape index (κ3) is 4.53. The van der Waals surface area contributed by atoms with Crippen LogP contribution in [-0.2, 0) is 0 Å². The van der Waals surface area contributed by atoms with Crippen molar-refractivity contribution in [1.82, 2.24) is 0 Å². The monoisotopic (exact) mass is 598 g/mol. The van der Waals surface area contributed by atoms with Gasteiger partial charge < -0.3 is 0 Å². The molecule has 0 aromatic heterocycles. The molecule has 0 spiro atoms. The zero-order valence-corrected chi connectivity index (χ0v) is 24.3. The fraction of sp³-hybridized carbons (Fsp3) is 0. The molecule has 0 amide bonds. The average Bonchev–Trinajstić information content (AvgIpc) is 2.94. The quantitative estimate of drug-likeness (QED) is 0.247. The van der Waals surface area contributed by atoms with E-state index in [0.717, 1.165) is 0 Å². The molecule has 34 heavy (non-hydrogen) atoms. The van der Waals surface area contributed by atoms with E-state index in [1.165, 1.54) is 21.9 Å². The average molecular weight is 597 g/mol. The Hall–Kier alpha value is -2.23. The van der Waals surface area contributed by atoms with Crippen molar-refractivity contribution in [3.63, 3.8) is 0 Å². The van der Waals surface area contributed by atoms with Crippen LogP contribution >= 0.6 is 18.7 Å². The van der Waals surface area contributed by atoms with Gasteiger partial charge in [-0.25, -0.2) is 0 Å². The van der Waals surface area contributed by atoms with E-state index in [9.17, 15) is 0 Å². The summed E-state index contributed by atoms with van der Waals surface area (Å²) in [6, 6.07) is 55.2. The van der Waals surface area contributed by atoms with E-state index in [1.54, 1.807) is 0 Å². The Kier molecular flexibility index (Phi) is 7.32. The Balaban J connectivity index is 1.84. The van der Waals surface area contributed by atoms with Gasteiger partial charge in [-0.05, 0) is 0 Å². The molecule has 0 atom stereocenters. The molecule has 0 heterocycles. The summed E-state index contributed by atoms with van der Waals surface area (Å²) in [5.74, 6) is 0. The molecule has 5 rings (SSSR count). The molecule has 5 aromatic rings. The van der Waals surface area contributed by atoms with Crippen molar-refractivity contribution < 1.29 is 0 Å². The van der Waals surface area contributed by atoms with Crippen molar-refractivity contribution in [3.8, 4) is 0 Å². The van der Waals surface area contributed by atoms with Gasteiger partial charge in [0, 0.05) is 0 Å². The molecule has 0 radical (unpaired) electrons. The molecule has 0 nitrogen and oxygen atoms in total. The van der Waals surface area contributed by atoms with Crippen LogP contribution in [0.5, 0.6) is 0 Å². The molecule has 0 aliphatic rings. The molecule has 0 aliphatic heterocycles. The van der Waals surface area contributed by atoms with Crippen LogP contribution in [0.2, 0.25) is 0 Å². The standard InChI is InChI=1S/C30H25AsGeS2/c33-31(26-16-6-1-7-17-26,27-18-8-2-9-19-27)34-32(28-20-10-3-11-21-28,29-22-12-4-13-23-29)30-24-14-5-15-25-30/h1-25H. The predicted molar refractivity (Wildman–Crippen MR) is 157 cm³/mol. The molecule has 166 valence electrons. The minimum absolute atomic E-state index is 1.32. The first-order valence-corrected chi connectivity index (χ1v) is 24.6. The Labute approximate surface area is 213 Å². The van der Waals surface area contributed by atoms with Crippen molar-refractivity contribution in [2.75, 3.05) is 0 Å². The summed E-state index contributed by atoms with van der Waals surface area (Å²) in [6.07, 6.45) is 0. The number of rotatable bonds is 7. The van der Waals surface area contributed by atoms with Crippen molar-refractivity contribution >= 4 is 63.5 Å². The number of hydrogen-bond acceptors (Lipinski definition) is 2. The summed E-state index contributed by atoms with van der Waals surface area (Å²) < 4.78 is 6.96. The van der Waals surface area contributed by atoms with Gasteiger partial charge in [-0.15, -0.1) is 0 Å². The van der Waals surface area contributed by atoms with Crippen LogP contribution in [0.15, 0.2) is 152 Å². The fourth-order valence-electron chi connectivity index (χ4n) is 4.37. The molecule has 0 unspecified atom stereocenters. The molecule has 5 aromatic carbocycles. The van der Waals surface area contributed by atoms with Crippen LogP contribution in [0.1, 0.15) is 0 Å². The molecular formula is C30H25AsGeS2. The molecular weight excluding hydrogens is 572 g/mol. The zero-order valence-electron chi connectivity index (χ0n) is 18.7. The first-order chi connectivity index (χ1) is 16.7. The first-order valence-electron chi connectivity index (χ1n) is 11.3. The summed E-state index contributed by atoms with van der Waals surface area (Å²) in [4.78, 5) is 0. The van der Waals surface area contributed by atoms with Gasteiger partial charge in [-0.1, -0.05) is 0 Å². The van der Waals surface area contributed by atoms with E-state index in [-0.39, 0.29) is 0 Å². The van der Waals surface area contributed by atoms with E-state index in [4.69, 9.17) is 10.4 Å². The van der Waals surface area contributed by atoms with E-state index in [2.05, 4.69) is 160 Å². The van der Waals surface area contributed by atoms with Gasteiger partial charge >= 0.3 is 215 Å². The van der Waals surface area contributed by atoms with E-state index in [1.807, 2.05) is 0 Å². The van der Waals surface area contributed by atoms with Gasteiger partial charge in [-0.2, -0.15) is 0 Å². The Morgan fingerprint density at radius 2 is 0.676 bits per heavy atom. The van der Waals surface area contributed by atoms with Crippen LogP contribution in [-0.4, -0.2) is 22.8 Å². The first kappa shape index (κ1) is 23.5. The van der Waals surface area contributed by atoms with Crippen molar-refractivity contribution in [2.45, 2.75) is 0 Å². The van der Waals surface area contributed by atoms with E-state index in [0.29, 0.717) is 0 Å². The van der Waals surface area contributed by atoms with Crippen LogP contribution in [0.4, 0.5) is 0 Å². The topological polar surface area (TPSA) is 0 Å². The van der Waals surface area contributed by atoms with Gasteiger partial charge in [0.15, 0.2) is 0 Å². The maximum atomic E-state index is 6.86. The Morgan fingerprint density at radius 3 is 0.971 bits per heavy atom. The summed E-state index contributed by atoms with van der Waals surface area (Å²) in [6.45, 7) is 0. The third-order valence-corrected chi connectivity index (χ3v) is 52.7. The summed E-state index contributed by atoms with van der Waals surface area (Å²) in [5.41, 5.74) is 0. The van der Waals surface area contributed by atoms with Crippen LogP contribution in [0.3, 0.4) is 0 Å². The minimum atomic E-state index is -3.27. The molecule has 0 fully saturated rings. The molecule has 4 heteroatoms. The molecule has 0 N–H and O–H groups in total. The molecule has 0 aliphatic carbocycles. The normalized spacial score (nSPS) is 11.8. The van der Waals surface area contributed by atoms with Crippen LogP contribution in [0, 0.1) is 0 Å². The number of benzene rings is 5. The van der Waals surface area contributed by atoms with E-state index < -0.39 is 22.8 Å². The molecule has 0 saturated heterocycles. The molecule has 0 saturated carbocycles. The molecule has 0 bridgehead atoms. The van der Waals surface area contributed by atoms with Crippen molar-refractivity contribution in [1.29, 1.82) is 0 Å². The van der Waals surface area contributed by atoms with Crippen LogP contribution < -0.4 is 21.9 Å². The maximum absolute atomic E-state index is 6.86. The summed E-state index contributed by atoms with van der Waals surface area (Å²) >= 11 is -3.27. The fourth-order valence-corrected chi connectivity index (χ4v) is 63.8. The summed E-state index contributed by atoms with van der Waals surface area (Å²) in [7, 11) is 5.97. The Bertz CT molecular complexity index is 1240. The van der Waals surface area contributed by atoms with Crippen molar-refractivity contribution in [3.05, 3.63) is 152 Å². The SMILES string of the molecule is S=[As]([S][Ge]([c]1ccccc1)([c]1ccccc1)[c]1ccccc1)(c1ccccc1)c1ccccc1. The Morgan fingerprint density at radius 1 is 0.412 bits per heavy atom. The number of hydrogen-bond donors (Lipinski definition) is 0. The van der Waals surface area contributed by atoms with Crippen molar-refractivity contribution in [2.24, 2.45) is 0 Å². The second-order valence-electron chi connectivity index (χ2n) is 8.09. The van der Waals surface area contributed by atoms with E-state index >= 15 is 0 Å². The zero-order chi connectivity index (χ0) is 23.3. The second-order valence-corrected chi connectivity index (χ2v) is 36.4. The van der Waals surface area contributed by atoms with Gasteiger partial charge in [0.2, 0.25) is 0 Å². The van der Waals surface area contributed by atoms with Crippen LogP contribution in [0.25, 0.3) is 0 Å². The third-order valence-electron chi connectivity index (χ3n) is 6.00. The van der Waals surface area contributed by atoms with Gasteiger partial charge in [0.05, 0.1) is 0 Å². The predicted octanol–water partition coefficient (Wildman–Crippen LogP) is 4.84.